The summed E-state index contributed by atoms with van der Waals surface area (Å²) >= 11 is 0. The van der Waals surface area contributed by atoms with E-state index in [0.717, 1.165) is 47.7 Å². The maximum atomic E-state index is 12.8. The number of anilines is 1. The molecular weight excluding hydrogens is 360 g/mol. The van der Waals surface area contributed by atoms with E-state index in [4.69, 9.17) is 0 Å². The van der Waals surface area contributed by atoms with E-state index in [9.17, 15) is 4.79 Å². The SMILES string of the molecule is CCc1ccc(-c2ccc(N3CCN(C(=O)c4ccccc4C)CC3)nn2)cc1. The lowest BCUT2D eigenvalue weighted by atomic mass is 10.1. The first kappa shape index (κ1) is 19.1. The first-order valence-electron chi connectivity index (χ1n) is 10.2. The fraction of sp³-hybridized carbons (Fsp3) is 0.292. The summed E-state index contributed by atoms with van der Waals surface area (Å²) in [5.74, 6) is 0.974. The molecule has 1 aliphatic heterocycles. The smallest absolute Gasteiger partial charge is 0.254 e. The third-order valence-corrected chi connectivity index (χ3v) is 5.57. The Morgan fingerprint density at radius 3 is 2.24 bits per heavy atom. The number of piperazine rings is 1. The van der Waals surface area contributed by atoms with E-state index in [1.165, 1.54) is 5.56 Å². The van der Waals surface area contributed by atoms with Crippen LogP contribution in [0.4, 0.5) is 5.82 Å². The summed E-state index contributed by atoms with van der Waals surface area (Å²) < 4.78 is 0. The van der Waals surface area contributed by atoms with Crippen molar-refractivity contribution < 1.29 is 4.79 Å². The lowest BCUT2D eigenvalue weighted by molar-refractivity contribution is 0.0745. The molecule has 0 bridgehead atoms. The van der Waals surface area contributed by atoms with Gasteiger partial charge in [-0.15, -0.1) is 10.2 Å². The fourth-order valence-corrected chi connectivity index (χ4v) is 3.68. The van der Waals surface area contributed by atoms with Crippen LogP contribution in [0.3, 0.4) is 0 Å². The van der Waals surface area contributed by atoms with Crippen LogP contribution in [0.5, 0.6) is 0 Å². The van der Waals surface area contributed by atoms with Gasteiger partial charge in [0.25, 0.3) is 5.91 Å². The van der Waals surface area contributed by atoms with Crippen molar-refractivity contribution in [2.24, 2.45) is 0 Å². The van der Waals surface area contributed by atoms with Gasteiger partial charge in [-0.25, -0.2) is 0 Å². The Kier molecular flexibility index (Phi) is 5.56. The number of aromatic nitrogens is 2. The third-order valence-electron chi connectivity index (χ3n) is 5.57. The Hall–Kier alpha value is -3.21. The van der Waals surface area contributed by atoms with Crippen molar-refractivity contribution in [3.05, 3.63) is 77.4 Å². The van der Waals surface area contributed by atoms with Crippen LogP contribution in [0, 0.1) is 6.92 Å². The van der Waals surface area contributed by atoms with Crippen molar-refractivity contribution >= 4 is 11.7 Å². The van der Waals surface area contributed by atoms with Gasteiger partial charge in [0.1, 0.15) is 0 Å². The van der Waals surface area contributed by atoms with Gasteiger partial charge in [-0.05, 0) is 42.7 Å². The van der Waals surface area contributed by atoms with Crippen LogP contribution < -0.4 is 4.90 Å². The van der Waals surface area contributed by atoms with Gasteiger partial charge in [0, 0.05) is 37.3 Å². The number of amides is 1. The van der Waals surface area contributed by atoms with E-state index in [1.807, 2.05) is 48.2 Å². The molecule has 2 aromatic carbocycles. The molecular formula is C24H26N4O. The van der Waals surface area contributed by atoms with Crippen LogP contribution in [0.15, 0.2) is 60.7 Å². The second-order valence-corrected chi connectivity index (χ2v) is 7.42. The normalized spacial score (nSPS) is 14.1. The number of nitrogens with zero attached hydrogens (tertiary/aromatic N) is 4. The van der Waals surface area contributed by atoms with Gasteiger partial charge in [0.15, 0.2) is 5.82 Å². The summed E-state index contributed by atoms with van der Waals surface area (Å²) in [7, 11) is 0. The molecule has 4 rings (SSSR count). The van der Waals surface area contributed by atoms with Crippen LogP contribution in [0.25, 0.3) is 11.3 Å². The second kappa shape index (κ2) is 8.43. The minimum Gasteiger partial charge on any atom is -0.352 e. The fourth-order valence-electron chi connectivity index (χ4n) is 3.68. The highest BCUT2D eigenvalue weighted by Gasteiger charge is 2.23. The van der Waals surface area contributed by atoms with E-state index in [0.29, 0.717) is 13.1 Å². The third kappa shape index (κ3) is 4.14. The predicted molar refractivity (Wildman–Crippen MR) is 116 cm³/mol. The Labute approximate surface area is 172 Å². The van der Waals surface area contributed by atoms with Crippen LogP contribution in [0.1, 0.15) is 28.4 Å². The molecule has 0 saturated carbocycles. The van der Waals surface area contributed by atoms with Crippen LogP contribution in [-0.2, 0) is 6.42 Å². The molecule has 5 heteroatoms. The highest BCUT2D eigenvalue weighted by atomic mass is 16.2. The highest BCUT2D eigenvalue weighted by Crippen LogP contribution is 2.21. The molecule has 1 fully saturated rings. The number of carbonyl (C=O) groups excluding carboxylic acids is 1. The summed E-state index contributed by atoms with van der Waals surface area (Å²) in [5, 5.41) is 8.86. The van der Waals surface area contributed by atoms with Gasteiger partial charge in [0.05, 0.1) is 5.69 Å². The lowest BCUT2D eigenvalue weighted by Gasteiger charge is -2.35. The van der Waals surface area contributed by atoms with Crippen molar-refractivity contribution in [3.8, 4) is 11.3 Å². The Morgan fingerprint density at radius 2 is 1.62 bits per heavy atom. The zero-order valence-corrected chi connectivity index (χ0v) is 17.0. The van der Waals surface area contributed by atoms with Gasteiger partial charge in [-0.3, -0.25) is 4.79 Å². The molecule has 0 unspecified atom stereocenters. The van der Waals surface area contributed by atoms with Crippen LogP contribution >= 0.6 is 0 Å². The quantitative estimate of drug-likeness (QED) is 0.681. The van der Waals surface area contributed by atoms with E-state index in [2.05, 4.69) is 46.3 Å². The predicted octanol–water partition coefficient (Wildman–Crippen LogP) is 3.98. The number of hydrogen-bond donors (Lipinski definition) is 0. The molecule has 1 aliphatic rings. The van der Waals surface area contributed by atoms with Crippen LogP contribution in [0.2, 0.25) is 0 Å². The summed E-state index contributed by atoms with van der Waals surface area (Å²) in [4.78, 5) is 16.9. The zero-order valence-electron chi connectivity index (χ0n) is 17.0. The largest absolute Gasteiger partial charge is 0.352 e. The topological polar surface area (TPSA) is 49.3 Å². The van der Waals surface area contributed by atoms with E-state index in [-0.39, 0.29) is 5.91 Å². The molecule has 1 amide bonds. The minimum atomic E-state index is 0.111. The average molecular weight is 386 g/mol. The Balaban J connectivity index is 1.39. The van der Waals surface area contributed by atoms with Gasteiger partial charge in [-0.2, -0.15) is 0 Å². The van der Waals surface area contributed by atoms with Crippen LogP contribution in [-0.4, -0.2) is 47.2 Å². The van der Waals surface area contributed by atoms with E-state index >= 15 is 0 Å². The summed E-state index contributed by atoms with van der Waals surface area (Å²) in [6, 6.07) is 20.3. The van der Waals surface area contributed by atoms with E-state index in [1.54, 1.807) is 0 Å². The Morgan fingerprint density at radius 1 is 0.897 bits per heavy atom. The molecule has 0 N–H and O–H groups in total. The maximum absolute atomic E-state index is 12.8. The molecule has 29 heavy (non-hydrogen) atoms. The maximum Gasteiger partial charge on any atom is 0.254 e. The summed E-state index contributed by atoms with van der Waals surface area (Å²) in [6.07, 6.45) is 1.03. The molecule has 1 aromatic heterocycles. The van der Waals surface area contributed by atoms with Gasteiger partial charge in [0.2, 0.25) is 0 Å². The first-order valence-corrected chi connectivity index (χ1v) is 10.2. The van der Waals surface area contributed by atoms with Gasteiger partial charge >= 0.3 is 0 Å². The molecule has 0 aliphatic carbocycles. The standard InChI is InChI=1S/C24H26N4O/c1-3-19-8-10-20(11-9-19)22-12-13-23(26-25-22)27-14-16-28(17-15-27)24(29)21-7-5-4-6-18(21)2/h4-13H,3,14-17H2,1-2H3. The molecule has 5 nitrogen and oxygen atoms in total. The Bertz CT molecular complexity index is 975. The van der Waals surface area contributed by atoms with Crippen molar-refractivity contribution in [1.82, 2.24) is 15.1 Å². The second-order valence-electron chi connectivity index (χ2n) is 7.42. The van der Waals surface area contributed by atoms with Gasteiger partial charge in [-0.1, -0.05) is 49.4 Å². The molecule has 0 radical (unpaired) electrons. The number of hydrogen-bond acceptors (Lipinski definition) is 4. The average Bonchev–Trinajstić information content (AvgIpc) is 2.79. The monoisotopic (exact) mass is 386 g/mol. The van der Waals surface area contributed by atoms with Gasteiger partial charge < -0.3 is 9.80 Å². The van der Waals surface area contributed by atoms with Crippen molar-refractivity contribution in [1.29, 1.82) is 0 Å². The molecule has 1 saturated heterocycles. The first-order chi connectivity index (χ1) is 14.2. The summed E-state index contributed by atoms with van der Waals surface area (Å²) in [5.41, 5.74) is 5.09. The van der Waals surface area contributed by atoms with Crippen molar-refractivity contribution in [3.63, 3.8) is 0 Å². The minimum absolute atomic E-state index is 0.111. The number of rotatable bonds is 4. The highest BCUT2D eigenvalue weighted by molar-refractivity contribution is 5.95. The molecule has 0 spiro atoms. The number of carbonyl (C=O) groups is 1. The number of aryl methyl sites for hydroxylation is 2. The van der Waals surface area contributed by atoms with Crippen molar-refractivity contribution in [2.75, 3.05) is 31.1 Å². The molecule has 148 valence electrons. The molecule has 0 atom stereocenters. The zero-order chi connectivity index (χ0) is 20.2. The number of benzene rings is 2. The van der Waals surface area contributed by atoms with E-state index < -0.39 is 0 Å². The molecule has 3 aromatic rings. The lowest BCUT2D eigenvalue weighted by Crippen LogP contribution is -2.49. The molecule has 2 heterocycles. The summed E-state index contributed by atoms with van der Waals surface area (Å²) in [6.45, 7) is 7.03. The van der Waals surface area contributed by atoms with Crippen molar-refractivity contribution in [2.45, 2.75) is 20.3 Å².